The Morgan fingerprint density at radius 3 is 2.59 bits per heavy atom. The highest BCUT2D eigenvalue weighted by atomic mass is 127. The zero-order chi connectivity index (χ0) is 22.7. The summed E-state index contributed by atoms with van der Waals surface area (Å²) >= 11 is 15.5. The summed E-state index contributed by atoms with van der Waals surface area (Å²) in [5.41, 5.74) is 2.25. The maximum Gasteiger partial charge on any atom is 0.264 e. The van der Waals surface area contributed by atoms with E-state index in [0.29, 0.717) is 38.2 Å². The molecule has 0 radical (unpaired) electrons. The van der Waals surface area contributed by atoms with Crippen LogP contribution in [0.5, 0.6) is 5.75 Å². The van der Waals surface area contributed by atoms with Gasteiger partial charge in [-0.05, 0) is 94.5 Å². The van der Waals surface area contributed by atoms with Crippen molar-refractivity contribution in [3.05, 3.63) is 96.1 Å². The SMILES string of the molecule is O=C1NC(=Nc2ccc(F)cc2)S/C1=C/c1ccc(OCc2ccc(Cl)cc2Cl)c(I)c1. The molecular weight excluding hydrogens is 585 g/mol. The predicted octanol–water partition coefficient (Wildman–Crippen LogP) is 7.21. The first-order chi connectivity index (χ1) is 15.4. The van der Waals surface area contributed by atoms with Crippen LogP contribution in [0.4, 0.5) is 10.1 Å². The number of nitrogens with zero attached hydrogens (tertiary/aromatic N) is 1. The third-order valence-electron chi connectivity index (χ3n) is 4.36. The molecule has 1 heterocycles. The summed E-state index contributed by atoms with van der Waals surface area (Å²) < 4.78 is 19.8. The van der Waals surface area contributed by atoms with Crippen molar-refractivity contribution in [2.75, 3.05) is 0 Å². The zero-order valence-electron chi connectivity index (χ0n) is 16.2. The fourth-order valence-electron chi connectivity index (χ4n) is 2.78. The summed E-state index contributed by atoms with van der Waals surface area (Å²) in [5, 5.41) is 4.30. The standard InChI is InChI=1S/C23H14Cl2FIN2O2S/c24-15-3-2-14(18(25)11-15)12-31-20-8-1-13(9-19(20)27)10-21-22(30)29-23(32-21)28-17-6-4-16(26)5-7-17/h1-11H,12H2,(H,28,29,30)/b21-10+. The number of amides is 1. The average Bonchev–Trinajstić information content (AvgIpc) is 3.09. The minimum Gasteiger partial charge on any atom is -0.488 e. The van der Waals surface area contributed by atoms with Crippen molar-refractivity contribution in [2.24, 2.45) is 4.99 Å². The normalized spacial score (nSPS) is 15.9. The summed E-state index contributed by atoms with van der Waals surface area (Å²) in [6.07, 6.45) is 1.79. The summed E-state index contributed by atoms with van der Waals surface area (Å²) in [6.45, 7) is 0.313. The van der Waals surface area contributed by atoms with Gasteiger partial charge < -0.3 is 10.1 Å². The van der Waals surface area contributed by atoms with Crippen molar-refractivity contribution in [3.63, 3.8) is 0 Å². The number of carbonyl (C=O) groups excluding carboxylic acids is 1. The molecule has 1 fully saturated rings. The van der Waals surface area contributed by atoms with Gasteiger partial charge in [0.1, 0.15) is 18.2 Å². The van der Waals surface area contributed by atoms with E-state index in [2.05, 4.69) is 32.9 Å². The molecule has 1 N–H and O–H groups in total. The lowest BCUT2D eigenvalue weighted by Gasteiger charge is -2.10. The van der Waals surface area contributed by atoms with E-state index in [1.54, 1.807) is 30.3 Å². The Morgan fingerprint density at radius 1 is 1.09 bits per heavy atom. The van der Waals surface area contributed by atoms with E-state index < -0.39 is 0 Å². The predicted molar refractivity (Wildman–Crippen MR) is 137 cm³/mol. The van der Waals surface area contributed by atoms with Gasteiger partial charge in [0.05, 0.1) is 14.2 Å². The molecule has 4 nitrogen and oxygen atoms in total. The van der Waals surface area contributed by atoms with Crippen LogP contribution in [0.1, 0.15) is 11.1 Å². The van der Waals surface area contributed by atoms with Gasteiger partial charge in [-0.25, -0.2) is 9.38 Å². The monoisotopic (exact) mass is 598 g/mol. The van der Waals surface area contributed by atoms with E-state index in [4.69, 9.17) is 27.9 Å². The fourth-order valence-corrected chi connectivity index (χ4v) is 4.78. The van der Waals surface area contributed by atoms with E-state index in [1.807, 2.05) is 24.3 Å². The van der Waals surface area contributed by atoms with E-state index in [-0.39, 0.29) is 11.7 Å². The van der Waals surface area contributed by atoms with Gasteiger partial charge in [-0.15, -0.1) is 0 Å². The van der Waals surface area contributed by atoms with E-state index >= 15 is 0 Å². The molecule has 3 aromatic carbocycles. The summed E-state index contributed by atoms with van der Waals surface area (Å²) in [7, 11) is 0. The molecule has 0 spiro atoms. The number of thioether (sulfide) groups is 1. The Hall–Kier alpha value is -2.07. The van der Waals surface area contributed by atoms with E-state index in [1.165, 1.54) is 23.9 Å². The van der Waals surface area contributed by atoms with Crippen LogP contribution in [0.25, 0.3) is 6.08 Å². The third kappa shape index (κ3) is 5.83. The molecule has 9 heteroatoms. The Balaban J connectivity index is 1.45. The average molecular weight is 599 g/mol. The molecule has 0 aliphatic carbocycles. The van der Waals surface area contributed by atoms with E-state index in [9.17, 15) is 9.18 Å². The van der Waals surface area contributed by atoms with Crippen molar-refractivity contribution >= 4 is 80.4 Å². The molecule has 3 aromatic rings. The van der Waals surface area contributed by atoms with Crippen molar-refractivity contribution in [1.82, 2.24) is 5.32 Å². The van der Waals surface area contributed by atoms with Gasteiger partial charge in [-0.3, -0.25) is 4.79 Å². The largest absolute Gasteiger partial charge is 0.488 e. The molecule has 1 amide bonds. The highest BCUT2D eigenvalue weighted by Gasteiger charge is 2.24. The van der Waals surface area contributed by atoms with Crippen LogP contribution in [-0.2, 0) is 11.4 Å². The van der Waals surface area contributed by atoms with Gasteiger partial charge in [0, 0.05) is 15.6 Å². The van der Waals surface area contributed by atoms with Crippen LogP contribution in [0.3, 0.4) is 0 Å². The second kappa shape index (κ2) is 10.2. The maximum atomic E-state index is 13.0. The second-order valence-electron chi connectivity index (χ2n) is 6.67. The summed E-state index contributed by atoms with van der Waals surface area (Å²) in [4.78, 5) is 17.2. The van der Waals surface area contributed by atoms with Crippen LogP contribution in [-0.4, -0.2) is 11.1 Å². The quantitative estimate of drug-likeness (QED) is 0.249. The second-order valence-corrected chi connectivity index (χ2v) is 9.71. The minimum atomic E-state index is -0.337. The lowest BCUT2D eigenvalue weighted by Crippen LogP contribution is -2.19. The van der Waals surface area contributed by atoms with Crippen LogP contribution in [0, 0.1) is 9.39 Å². The number of rotatable bonds is 5. The number of amidine groups is 1. The van der Waals surface area contributed by atoms with Crippen LogP contribution in [0.2, 0.25) is 10.0 Å². The zero-order valence-corrected chi connectivity index (χ0v) is 20.7. The minimum absolute atomic E-state index is 0.233. The van der Waals surface area contributed by atoms with Gasteiger partial charge in [0.25, 0.3) is 5.91 Å². The number of benzene rings is 3. The summed E-state index contributed by atoms with van der Waals surface area (Å²) in [6, 6.07) is 16.7. The highest BCUT2D eigenvalue weighted by molar-refractivity contribution is 14.1. The van der Waals surface area contributed by atoms with Gasteiger partial charge in [-0.2, -0.15) is 0 Å². The van der Waals surface area contributed by atoms with Crippen LogP contribution < -0.4 is 10.1 Å². The number of hydrogen-bond donors (Lipinski definition) is 1. The fraction of sp³-hybridized carbons (Fsp3) is 0.0435. The first-order valence-corrected chi connectivity index (χ1v) is 11.9. The Labute approximate surface area is 212 Å². The van der Waals surface area contributed by atoms with Gasteiger partial charge in [0.2, 0.25) is 0 Å². The molecule has 1 aliphatic rings. The molecule has 162 valence electrons. The topological polar surface area (TPSA) is 50.7 Å². The first kappa shape index (κ1) is 23.1. The number of aliphatic imine (C=N–C) groups is 1. The maximum absolute atomic E-state index is 13.0. The number of ether oxygens (including phenoxy) is 1. The number of halogens is 4. The van der Waals surface area contributed by atoms with Crippen LogP contribution >= 0.6 is 57.6 Å². The number of carbonyl (C=O) groups is 1. The lowest BCUT2D eigenvalue weighted by atomic mass is 10.2. The molecule has 0 bridgehead atoms. The Morgan fingerprint density at radius 2 is 1.88 bits per heavy atom. The van der Waals surface area contributed by atoms with Gasteiger partial charge in [-0.1, -0.05) is 35.3 Å². The molecule has 1 saturated heterocycles. The van der Waals surface area contributed by atoms with Crippen molar-refractivity contribution in [3.8, 4) is 5.75 Å². The van der Waals surface area contributed by atoms with Gasteiger partial charge >= 0.3 is 0 Å². The summed E-state index contributed by atoms with van der Waals surface area (Å²) in [5.74, 6) is 0.139. The first-order valence-electron chi connectivity index (χ1n) is 9.29. The molecule has 0 unspecified atom stereocenters. The molecular formula is C23H14Cl2FIN2O2S. The lowest BCUT2D eigenvalue weighted by molar-refractivity contribution is -0.115. The third-order valence-corrected chi connectivity index (χ3v) is 6.70. The smallest absolute Gasteiger partial charge is 0.264 e. The van der Waals surface area contributed by atoms with Crippen molar-refractivity contribution < 1.29 is 13.9 Å². The number of hydrogen-bond acceptors (Lipinski definition) is 4. The highest BCUT2D eigenvalue weighted by Crippen LogP contribution is 2.30. The van der Waals surface area contributed by atoms with Crippen molar-refractivity contribution in [1.29, 1.82) is 0 Å². The molecule has 0 atom stereocenters. The molecule has 0 aromatic heterocycles. The van der Waals surface area contributed by atoms with Gasteiger partial charge in [0.15, 0.2) is 5.17 Å². The Bertz CT molecular complexity index is 1250. The molecule has 32 heavy (non-hydrogen) atoms. The molecule has 1 aliphatic heterocycles. The van der Waals surface area contributed by atoms with Crippen LogP contribution in [0.15, 0.2) is 70.6 Å². The Kier molecular flexibility index (Phi) is 7.40. The molecule has 0 saturated carbocycles. The number of nitrogens with one attached hydrogen (secondary N) is 1. The van der Waals surface area contributed by atoms with Crippen molar-refractivity contribution in [2.45, 2.75) is 6.61 Å². The molecule has 4 rings (SSSR count). The van der Waals surface area contributed by atoms with E-state index in [0.717, 1.165) is 14.7 Å².